The highest BCUT2D eigenvalue weighted by atomic mass is 35.5. The van der Waals surface area contributed by atoms with Crippen LogP contribution in [0.25, 0.3) is 6.08 Å². The maximum absolute atomic E-state index is 12.1. The van der Waals surface area contributed by atoms with Gasteiger partial charge >= 0.3 is 5.97 Å². The van der Waals surface area contributed by atoms with Gasteiger partial charge in [-0.3, -0.25) is 4.79 Å². The minimum absolute atomic E-state index is 0.157. The van der Waals surface area contributed by atoms with E-state index in [-0.39, 0.29) is 5.91 Å². The molecule has 5 nitrogen and oxygen atoms in total. The van der Waals surface area contributed by atoms with Crippen molar-refractivity contribution in [3.8, 4) is 0 Å². The lowest BCUT2D eigenvalue weighted by Gasteiger charge is -2.15. The van der Waals surface area contributed by atoms with Gasteiger partial charge < -0.3 is 15.0 Å². The SMILES string of the molecule is CN(Cc1csc(C=CC(=O)O)c1)C(=O)c1cc(Cl)c[nH]1. The number of aliphatic carboxylic acids is 1. The molecule has 0 saturated carbocycles. The number of amides is 1. The molecule has 0 aliphatic heterocycles. The lowest BCUT2D eigenvalue weighted by molar-refractivity contribution is -0.131. The summed E-state index contributed by atoms with van der Waals surface area (Å²) in [5, 5.41) is 11.0. The van der Waals surface area contributed by atoms with E-state index in [1.54, 1.807) is 24.2 Å². The highest BCUT2D eigenvalue weighted by Crippen LogP contribution is 2.18. The molecule has 0 bridgehead atoms. The Morgan fingerprint density at radius 1 is 1.48 bits per heavy atom. The summed E-state index contributed by atoms with van der Waals surface area (Å²) in [5.74, 6) is -1.14. The molecule has 21 heavy (non-hydrogen) atoms. The molecule has 0 fully saturated rings. The van der Waals surface area contributed by atoms with Crippen molar-refractivity contribution in [1.82, 2.24) is 9.88 Å². The van der Waals surface area contributed by atoms with Crippen LogP contribution in [0.5, 0.6) is 0 Å². The quantitative estimate of drug-likeness (QED) is 0.830. The van der Waals surface area contributed by atoms with E-state index in [9.17, 15) is 9.59 Å². The van der Waals surface area contributed by atoms with E-state index in [0.717, 1.165) is 16.5 Å². The largest absolute Gasteiger partial charge is 0.478 e. The highest BCUT2D eigenvalue weighted by Gasteiger charge is 2.14. The number of nitrogens with zero attached hydrogens (tertiary/aromatic N) is 1. The zero-order valence-electron chi connectivity index (χ0n) is 11.2. The van der Waals surface area contributed by atoms with E-state index < -0.39 is 5.97 Å². The minimum Gasteiger partial charge on any atom is -0.478 e. The second kappa shape index (κ2) is 6.60. The maximum atomic E-state index is 12.1. The molecule has 0 aliphatic carbocycles. The number of nitrogens with one attached hydrogen (secondary N) is 1. The van der Waals surface area contributed by atoms with Crippen molar-refractivity contribution < 1.29 is 14.7 Å². The Bertz CT molecular complexity index is 690. The summed E-state index contributed by atoms with van der Waals surface area (Å²) >= 11 is 7.21. The van der Waals surface area contributed by atoms with Crippen molar-refractivity contribution in [1.29, 1.82) is 0 Å². The Balaban J connectivity index is 2.01. The molecule has 2 N–H and O–H groups in total. The van der Waals surface area contributed by atoms with Crippen molar-refractivity contribution in [3.05, 3.63) is 50.9 Å². The van der Waals surface area contributed by atoms with E-state index in [4.69, 9.17) is 16.7 Å². The number of carbonyl (C=O) groups excluding carboxylic acids is 1. The van der Waals surface area contributed by atoms with Crippen LogP contribution in [0.3, 0.4) is 0 Å². The predicted octanol–water partition coefficient (Wildman–Crippen LogP) is 3.10. The van der Waals surface area contributed by atoms with Crippen LogP contribution in [0, 0.1) is 0 Å². The molecule has 0 aromatic carbocycles. The number of thiophene rings is 1. The second-order valence-electron chi connectivity index (χ2n) is 4.42. The van der Waals surface area contributed by atoms with Gasteiger partial charge in [0.1, 0.15) is 5.69 Å². The van der Waals surface area contributed by atoms with E-state index in [0.29, 0.717) is 17.3 Å². The number of carboxylic acids is 1. The van der Waals surface area contributed by atoms with E-state index in [2.05, 4.69) is 4.98 Å². The zero-order chi connectivity index (χ0) is 15.4. The molecule has 2 aromatic heterocycles. The summed E-state index contributed by atoms with van der Waals surface area (Å²) in [6.45, 7) is 0.437. The summed E-state index contributed by atoms with van der Waals surface area (Å²) < 4.78 is 0. The fourth-order valence-electron chi connectivity index (χ4n) is 1.76. The van der Waals surface area contributed by atoms with Crippen LogP contribution in [0.15, 0.2) is 29.8 Å². The first-order valence-corrected chi connectivity index (χ1v) is 7.29. The Labute approximate surface area is 130 Å². The van der Waals surface area contributed by atoms with Gasteiger partial charge in [0.2, 0.25) is 0 Å². The van der Waals surface area contributed by atoms with Crippen molar-refractivity contribution in [2.24, 2.45) is 0 Å². The number of aromatic nitrogens is 1. The summed E-state index contributed by atoms with van der Waals surface area (Å²) in [4.78, 5) is 27.8. The van der Waals surface area contributed by atoms with Gasteiger partial charge in [0.05, 0.1) is 5.02 Å². The number of hydrogen-bond acceptors (Lipinski definition) is 3. The van der Waals surface area contributed by atoms with Gasteiger partial charge in [-0.2, -0.15) is 0 Å². The number of rotatable bonds is 5. The molecule has 0 aliphatic rings. The Morgan fingerprint density at radius 2 is 2.24 bits per heavy atom. The number of carboxylic acid groups (broad SMARTS) is 1. The molecule has 0 saturated heterocycles. The Morgan fingerprint density at radius 3 is 2.86 bits per heavy atom. The lowest BCUT2D eigenvalue weighted by Crippen LogP contribution is -2.26. The third kappa shape index (κ3) is 4.21. The van der Waals surface area contributed by atoms with Gasteiger partial charge in [0.15, 0.2) is 0 Å². The third-order valence-electron chi connectivity index (χ3n) is 2.71. The van der Waals surface area contributed by atoms with Gasteiger partial charge in [-0.1, -0.05) is 11.6 Å². The van der Waals surface area contributed by atoms with Crippen molar-refractivity contribution in [3.63, 3.8) is 0 Å². The summed E-state index contributed by atoms with van der Waals surface area (Å²) in [5.41, 5.74) is 1.38. The fraction of sp³-hybridized carbons (Fsp3) is 0.143. The smallest absolute Gasteiger partial charge is 0.328 e. The molecule has 2 rings (SSSR count). The molecule has 0 atom stereocenters. The maximum Gasteiger partial charge on any atom is 0.328 e. The standard InChI is InChI=1S/C14H13ClN2O3S/c1-17(14(20)12-5-10(15)6-16-12)7-9-4-11(21-8-9)2-3-13(18)19/h2-6,8,16H,7H2,1H3,(H,18,19). The van der Waals surface area contributed by atoms with Crippen LogP contribution < -0.4 is 0 Å². The minimum atomic E-state index is -0.985. The van der Waals surface area contributed by atoms with Crippen molar-refractivity contribution in [2.75, 3.05) is 7.05 Å². The summed E-state index contributed by atoms with van der Waals surface area (Å²) in [7, 11) is 1.70. The predicted molar refractivity (Wildman–Crippen MR) is 82.6 cm³/mol. The molecule has 2 heterocycles. The average molecular weight is 325 g/mol. The number of H-pyrrole nitrogens is 1. The van der Waals surface area contributed by atoms with Crippen molar-refractivity contribution >= 4 is 40.9 Å². The molecule has 110 valence electrons. The monoisotopic (exact) mass is 324 g/mol. The first-order valence-electron chi connectivity index (χ1n) is 6.03. The molecule has 0 radical (unpaired) electrons. The number of aromatic amines is 1. The highest BCUT2D eigenvalue weighted by molar-refractivity contribution is 7.11. The summed E-state index contributed by atoms with van der Waals surface area (Å²) in [6.07, 6.45) is 4.18. The topological polar surface area (TPSA) is 73.4 Å². The number of carbonyl (C=O) groups is 2. The van der Waals surface area contributed by atoms with Crippen LogP contribution in [0.1, 0.15) is 20.9 Å². The molecule has 1 amide bonds. The average Bonchev–Trinajstić information content (AvgIpc) is 3.04. The molecule has 2 aromatic rings. The number of halogens is 1. The van der Waals surface area contributed by atoms with Crippen LogP contribution in [-0.4, -0.2) is 33.9 Å². The molecule has 7 heteroatoms. The van der Waals surface area contributed by atoms with Crippen molar-refractivity contribution in [2.45, 2.75) is 6.54 Å². The Kier molecular flexibility index (Phi) is 4.82. The lowest BCUT2D eigenvalue weighted by atomic mass is 10.2. The van der Waals surface area contributed by atoms with Gasteiger partial charge in [-0.15, -0.1) is 11.3 Å². The second-order valence-corrected chi connectivity index (χ2v) is 5.80. The van der Waals surface area contributed by atoms with E-state index >= 15 is 0 Å². The van der Waals surface area contributed by atoms with E-state index in [1.165, 1.54) is 17.4 Å². The van der Waals surface area contributed by atoms with Gasteiger partial charge in [-0.05, 0) is 29.2 Å². The molecular weight excluding hydrogens is 312 g/mol. The van der Waals surface area contributed by atoms with E-state index in [1.807, 2.05) is 11.4 Å². The Hall–Kier alpha value is -2.05. The third-order valence-corrected chi connectivity index (χ3v) is 3.87. The van der Waals surface area contributed by atoms with Gasteiger partial charge in [0, 0.05) is 30.7 Å². The molecule has 0 spiro atoms. The summed E-state index contributed by atoms with van der Waals surface area (Å²) in [6, 6.07) is 3.44. The van der Waals surface area contributed by atoms with Crippen LogP contribution in [0.2, 0.25) is 5.02 Å². The normalized spacial score (nSPS) is 11.0. The first kappa shape index (κ1) is 15.3. The first-order chi connectivity index (χ1) is 9.95. The van der Waals surface area contributed by atoms with Gasteiger partial charge in [-0.25, -0.2) is 4.79 Å². The molecular formula is C14H13ClN2O3S. The van der Waals surface area contributed by atoms with Crippen LogP contribution in [0.4, 0.5) is 0 Å². The molecule has 0 unspecified atom stereocenters. The number of hydrogen-bond donors (Lipinski definition) is 2. The fourth-order valence-corrected chi connectivity index (χ4v) is 2.72. The van der Waals surface area contributed by atoms with Crippen LogP contribution in [-0.2, 0) is 11.3 Å². The van der Waals surface area contributed by atoms with Gasteiger partial charge in [0.25, 0.3) is 5.91 Å². The zero-order valence-corrected chi connectivity index (χ0v) is 12.7. The van der Waals surface area contributed by atoms with Crippen LogP contribution >= 0.6 is 22.9 Å².